The Morgan fingerprint density at radius 3 is 1.90 bits per heavy atom. The van der Waals surface area contributed by atoms with Crippen LogP contribution in [-0.4, -0.2) is 4.57 Å². The van der Waals surface area contributed by atoms with Crippen LogP contribution in [0.4, 0.5) is 17.1 Å². The summed E-state index contributed by atoms with van der Waals surface area (Å²) in [7, 11) is 0. The zero-order valence-electron chi connectivity index (χ0n) is 27.6. The summed E-state index contributed by atoms with van der Waals surface area (Å²) in [4.78, 5) is 2.41. The molecule has 49 heavy (non-hydrogen) atoms. The van der Waals surface area contributed by atoms with E-state index in [-0.39, 0.29) is 5.41 Å². The molecule has 0 spiro atoms. The van der Waals surface area contributed by atoms with E-state index in [4.69, 9.17) is 0 Å². The van der Waals surface area contributed by atoms with E-state index in [0.29, 0.717) is 0 Å². The molecule has 0 N–H and O–H groups in total. The third-order valence-corrected chi connectivity index (χ3v) is 10.7. The van der Waals surface area contributed by atoms with E-state index in [9.17, 15) is 0 Å². The van der Waals surface area contributed by atoms with Gasteiger partial charge < -0.3 is 9.47 Å². The van der Waals surface area contributed by atoms with Crippen LogP contribution in [0.2, 0.25) is 0 Å². The van der Waals surface area contributed by atoms with Crippen LogP contribution in [0.1, 0.15) is 25.0 Å². The smallest absolute Gasteiger partial charge is 0.0619 e. The van der Waals surface area contributed by atoms with Crippen molar-refractivity contribution in [2.75, 3.05) is 4.90 Å². The first-order chi connectivity index (χ1) is 24.1. The van der Waals surface area contributed by atoms with Gasteiger partial charge in [0.1, 0.15) is 0 Å². The Morgan fingerprint density at radius 2 is 1.08 bits per heavy atom. The van der Waals surface area contributed by atoms with Gasteiger partial charge in [-0.25, -0.2) is 0 Å². The van der Waals surface area contributed by atoms with Crippen molar-refractivity contribution in [2.45, 2.75) is 19.3 Å². The molecule has 10 rings (SSSR count). The third-order valence-electron chi connectivity index (χ3n) is 10.7. The molecule has 0 saturated heterocycles. The van der Waals surface area contributed by atoms with Gasteiger partial charge in [-0.2, -0.15) is 0 Å². The Morgan fingerprint density at radius 1 is 0.449 bits per heavy atom. The molecule has 0 fully saturated rings. The van der Waals surface area contributed by atoms with Crippen LogP contribution in [0.25, 0.3) is 60.2 Å². The number of fused-ring (bicyclic) bond motifs is 9. The lowest BCUT2D eigenvalue weighted by Crippen LogP contribution is -2.17. The fourth-order valence-corrected chi connectivity index (χ4v) is 8.40. The van der Waals surface area contributed by atoms with Crippen molar-refractivity contribution in [1.29, 1.82) is 0 Å². The highest BCUT2D eigenvalue weighted by atomic mass is 15.1. The second-order valence-corrected chi connectivity index (χ2v) is 13.8. The lowest BCUT2D eigenvalue weighted by Gasteiger charge is -2.29. The molecule has 8 aromatic carbocycles. The largest absolute Gasteiger partial charge is 0.310 e. The number of hydrogen-bond donors (Lipinski definition) is 0. The molecule has 1 aromatic heterocycles. The summed E-state index contributed by atoms with van der Waals surface area (Å²) in [5.41, 5.74) is 12.3. The Balaban J connectivity index is 1.16. The molecule has 0 atom stereocenters. The molecule has 1 aliphatic carbocycles. The Labute approximate surface area is 286 Å². The standard InChI is InChI=1S/C47H34N2/c1-47(2)42-29-34(48(33-16-4-3-5-17-33)44-22-12-15-31-13-6-8-18-36(31)44)24-27-38(42)39-28-25-35(30-43(39)47)49-45-21-11-10-20-40(45)41-26-23-32-14-7-9-19-37(32)46(41)49/h3-30H,1-2H3. The van der Waals surface area contributed by atoms with Crippen LogP contribution in [0.15, 0.2) is 170 Å². The van der Waals surface area contributed by atoms with Crippen molar-refractivity contribution in [3.63, 3.8) is 0 Å². The highest BCUT2D eigenvalue weighted by molar-refractivity contribution is 6.18. The minimum atomic E-state index is -0.196. The molecule has 9 aromatic rings. The van der Waals surface area contributed by atoms with Crippen molar-refractivity contribution < 1.29 is 0 Å². The molecular weight excluding hydrogens is 593 g/mol. The molecule has 0 unspecified atom stereocenters. The summed E-state index contributed by atoms with van der Waals surface area (Å²) < 4.78 is 2.48. The highest BCUT2D eigenvalue weighted by Gasteiger charge is 2.36. The normalized spacial score (nSPS) is 13.3. The number of para-hydroxylation sites is 2. The van der Waals surface area contributed by atoms with Crippen LogP contribution in [0.5, 0.6) is 0 Å². The fourth-order valence-electron chi connectivity index (χ4n) is 8.40. The summed E-state index contributed by atoms with van der Waals surface area (Å²) in [5, 5.41) is 7.58. The van der Waals surface area contributed by atoms with Gasteiger partial charge in [-0.3, -0.25) is 0 Å². The number of nitrogens with zero attached hydrogens (tertiary/aromatic N) is 2. The summed E-state index contributed by atoms with van der Waals surface area (Å²) in [6.45, 7) is 4.77. The summed E-state index contributed by atoms with van der Waals surface area (Å²) >= 11 is 0. The SMILES string of the molecule is CC1(C)c2cc(N(c3ccccc3)c3cccc4ccccc34)ccc2-c2ccc(-n3c4ccccc4c4ccc5ccccc5c43)cc21. The first kappa shape index (κ1) is 27.9. The van der Waals surface area contributed by atoms with E-state index in [1.165, 1.54) is 77.0 Å². The number of hydrogen-bond acceptors (Lipinski definition) is 1. The average molecular weight is 627 g/mol. The molecule has 2 nitrogen and oxygen atoms in total. The molecule has 0 bridgehead atoms. The Hall–Kier alpha value is -6.12. The van der Waals surface area contributed by atoms with Gasteiger partial charge in [0, 0.05) is 44.0 Å². The highest BCUT2D eigenvalue weighted by Crippen LogP contribution is 2.52. The molecule has 0 saturated carbocycles. The van der Waals surface area contributed by atoms with E-state index < -0.39 is 0 Å². The van der Waals surface area contributed by atoms with E-state index in [2.05, 4.69) is 193 Å². The number of benzene rings is 8. The van der Waals surface area contributed by atoms with Crippen LogP contribution >= 0.6 is 0 Å². The number of rotatable bonds is 4. The number of anilines is 3. The molecule has 0 radical (unpaired) electrons. The molecule has 1 heterocycles. The second-order valence-electron chi connectivity index (χ2n) is 13.8. The van der Waals surface area contributed by atoms with Gasteiger partial charge in [-0.15, -0.1) is 0 Å². The average Bonchev–Trinajstić information content (AvgIpc) is 3.61. The van der Waals surface area contributed by atoms with Gasteiger partial charge in [-0.1, -0.05) is 135 Å². The number of aromatic nitrogens is 1. The fraction of sp³-hybridized carbons (Fsp3) is 0.0638. The topological polar surface area (TPSA) is 8.17 Å². The Kier molecular flexibility index (Phi) is 5.95. The third kappa shape index (κ3) is 4.07. The first-order valence-electron chi connectivity index (χ1n) is 17.1. The van der Waals surface area contributed by atoms with Crippen molar-refractivity contribution in [1.82, 2.24) is 4.57 Å². The lowest BCUT2D eigenvalue weighted by molar-refractivity contribution is 0.660. The minimum Gasteiger partial charge on any atom is -0.310 e. The van der Waals surface area contributed by atoms with E-state index >= 15 is 0 Å². The summed E-state index contributed by atoms with van der Waals surface area (Å²) in [6.07, 6.45) is 0. The Bertz CT molecular complexity index is 2740. The van der Waals surface area contributed by atoms with Crippen LogP contribution in [0, 0.1) is 0 Å². The zero-order chi connectivity index (χ0) is 32.7. The van der Waals surface area contributed by atoms with Crippen LogP contribution in [0.3, 0.4) is 0 Å². The monoisotopic (exact) mass is 626 g/mol. The van der Waals surface area contributed by atoms with E-state index in [1.54, 1.807) is 0 Å². The molecular formula is C47H34N2. The van der Waals surface area contributed by atoms with Gasteiger partial charge in [0.25, 0.3) is 0 Å². The molecule has 2 heteroatoms. The van der Waals surface area contributed by atoms with E-state index in [0.717, 1.165) is 11.4 Å². The molecule has 0 aliphatic heterocycles. The van der Waals surface area contributed by atoms with E-state index in [1.807, 2.05) is 0 Å². The van der Waals surface area contributed by atoms with Crippen molar-refractivity contribution in [3.05, 3.63) is 181 Å². The lowest BCUT2D eigenvalue weighted by atomic mass is 9.82. The van der Waals surface area contributed by atoms with Gasteiger partial charge in [0.2, 0.25) is 0 Å². The predicted octanol–water partition coefficient (Wildman–Crippen LogP) is 12.9. The van der Waals surface area contributed by atoms with Crippen LogP contribution < -0.4 is 4.90 Å². The quantitative estimate of drug-likeness (QED) is 0.189. The van der Waals surface area contributed by atoms with Gasteiger partial charge in [0.15, 0.2) is 0 Å². The predicted molar refractivity (Wildman–Crippen MR) is 208 cm³/mol. The van der Waals surface area contributed by atoms with Crippen molar-refractivity contribution in [2.24, 2.45) is 0 Å². The first-order valence-corrected chi connectivity index (χ1v) is 17.1. The summed E-state index contributed by atoms with van der Waals surface area (Å²) in [5.74, 6) is 0. The van der Waals surface area contributed by atoms with Crippen LogP contribution in [-0.2, 0) is 5.41 Å². The van der Waals surface area contributed by atoms with Gasteiger partial charge >= 0.3 is 0 Å². The summed E-state index contributed by atoms with van der Waals surface area (Å²) in [6, 6.07) is 62.3. The minimum absolute atomic E-state index is 0.196. The maximum absolute atomic E-state index is 2.48. The molecule has 232 valence electrons. The maximum atomic E-state index is 2.48. The molecule has 0 amide bonds. The maximum Gasteiger partial charge on any atom is 0.0619 e. The molecule has 1 aliphatic rings. The van der Waals surface area contributed by atoms with Crippen molar-refractivity contribution >= 4 is 60.4 Å². The zero-order valence-corrected chi connectivity index (χ0v) is 27.6. The van der Waals surface area contributed by atoms with Gasteiger partial charge in [0.05, 0.1) is 16.7 Å². The van der Waals surface area contributed by atoms with Crippen molar-refractivity contribution in [3.8, 4) is 16.8 Å². The van der Waals surface area contributed by atoms with Gasteiger partial charge in [-0.05, 0) is 81.6 Å². The second kappa shape index (κ2) is 10.4.